The third kappa shape index (κ3) is 3.83. The van der Waals surface area contributed by atoms with Gasteiger partial charge in [0.05, 0.1) is 11.6 Å². The number of H-pyrrole nitrogens is 1. The number of amides is 1. The zero-order valence-corrected chi connectivity index (χ0v) is 14.8. The molecule has 0 bridgehead atoms. The van der Waals surface area contributed by atoms with Crippen LogP contribution in [-0.2, 0) is 4.79 Å². The SMILES string of the molecule is CC(=O)Nc1ccnc(NC(C)c2cc3cc(Cl)cc(F)c3[nH]c2=O)c1. The van der Waals surface area contributed by atoms with Crippen molar-refractivity contribution in [2.24, 2.45) is 0 Å². The molecule has 1 aromatic carbocycles. The van der Waals surface area contributed by atoms with Crippen LogP contribution in [0.4, 0.5) is 15.9 Å². The predicted molar refractivity (Wildman–Crippen MR) is 100 cm³/mol. The van der Waals surface area contributed by atoms with E-state index in [0.717, 1.165) is 6.07 Å². The molecule has 0 saturated carbocycles. The molecule has 2 aromatic heterocycles. The summed E-state index contributed by atoms with van der Waals surface area (Å²) in [5.41, 5.74) is 0.701. The van der Waals surface area contributed by atoms with Crippen LogP contribution in [0.5, 0.6) is 0 Å². The first kappa shape index (κ1) is 17.9. The number of hydrogen-bond acceptors (Lipinski definition) is 4. The van der Waals surface area contributed by atoms with Crippen LogP contribution in [0.25, 0.3) is 10.9 Å². The maximum absolute atomic E-state index is 13.9. The number of halogens is 2. The van der Waals surface area contributed by atoms with Crippen LogP contribution < -0.4 is 16.2 Å². The smallest absolute Gasteiger partial charge is 0.253 e. The maximum Gasteiger partial charge on any atom is 0.253 e. The molecule has 0 radical (unpaired) electrons. The molecule has 0 aliphatic heterocycles. The quantitative estimate of drug-likeness (QED) is 0.647. The average molecular weight is 375 g/mol. The van der Waals surface area contributed by atoms with Crippen LogP contribution in [0.3, 0.4) is 0 Å². The molecule has 3 aromatic rings. The molecule has 0 aliphatic rings. The topological polar surface area (TPSA) is 86.9 Å². The van der Waals surface area contributed by atoms with Crippen molar-refractivity contribution in [2.45, 2.75) is 19.9 Å². The first-order chi connectivity index (χ1) is 12.3. The molecule has 26 heavy (non-hydrogen) atoms. The molecule has 3 N–H and O–H groups in total. The van der Waals surface area contributed by atoms with Gasteiger partial charge in [-0.15, -0.1) is 0 Å². The van der Waals surface area contributed by atoms with Gasteiger partial charge in [0.15, 0.2) is 0 Å². The summed E-state index contributed by atoms with van der Waals surface area (Å²) < 4.78 is 13.9. The van der Waals surface area contributed by atoms with Gasteiger partial charge in [-0.05, 0) is 31.2 Å². The molecule has 8 heteroatoms. The molecule has 1 atom stereocenters. The number of aromatic amines is 1. The van der Waals surface area contributed by atoms with Crippen LogP contribution in [0.1, 0.15) is 25.5 Å². The van der Waals surface area contributed by atoms with E-state index in [4.69, 9.17) is 11.6 Å². The number of carbonyl (C=O) groups excluding carboxylic acids is 1. The number of hydrogen-bond donors (Lipinski definition) is 3. The van der Waals surface area contributed by atoms with E-state index in [1.165, 1.54) is 6.92 Å². The van der Waals surface area contributed by atoms with Gasteiger partial charge in [0.1, 0.15) is 11.6 Å². The number of carbonyl (C=O) groups is 1. The van der Waals surface area contributed by atoms with Gasteiger partial charge in [-0.2, -0.15) is 0 Å². The summed E-state index contributed by atoms with van der Waals surface area (Å²) in [6.07, 6.45) is 1.54. The van der Waals surface area contributed by atoms with Gasteiger partial charge in [-0.1, -0.05) is 11.6 Å². The zero-order chi connectivity index (χ0) is 18.8. The fourth-order valence-corrected chi connectivity index (χ4v) is 2.88. The van der Waals surface area contributed by atoms with E-state index < -0.39 is 17.4 Å². The van der Waals surface area contributed by atoms with E-state index in [1.807, 2.05) is 0 Å². The minimum Gasteiger partial charge on any atom is -0.363 e. The number of fused-ring (bicyclic) bond motifs is 1. The molecule has 0 spiro atoms. The number of nitrogens with one attached hydrogen (secondary N) is 3. The van der Waals surface area contributed by atoms with Gasteiger partial charge in [-0.25, -0.2) is 9.37 Å². The lowest BCUT2D eigenvalue weighted by Crippen LogP contribution is -2.20. The highest BCUT2D eigenvalue weighted by molar-refractivity contribution is 6.31. The number of aromatic nitrogens is 2. The van der Waals surface area contributed by atoms with Gasteiger partial charge in [-0.3, -0.25) is 9.59 Å². The second-order valence-corrected chi connectivity index (χ2v) is 6.32. The summed E-state index contributed by atoms with van der Waals surface area (Å²) in [5, 5.41) is 6.51. The third-order valence-corrected chi connectivity index (χ3v) is 4.03. The van der Waals surface area contributed by atoms with Gasteiger partial charge in [0.25, 0.3) is 5.56 Å². The lowest BCUT2D eigenvalue weighted by atomic mass is 10.1. The van der Waals surface area contributed by atoms with Crippen molar-refractivity contribution in [2.75, 3.05) is 10.6 Å². The van der Waals surface area contributed by atoms with Gasteiger partial charge >= 0.3 is 0 Å². The van der Waals surface area contributed by atoms with Gasteiger partial charge in [0.2, 0.25) is 5.91 Å². The Morgan fingerprint density at radius 2 is 2.08 bits per heavy atom. The van der Waals surface area contributed by atoms with E-state index in [2.05, 4.69) is 20.6 Å². The minimum atomic E-state index is -0.582. The Kier molecular flexibility index (Phi) is 4.90. The molecular weight excluding hydrogens is 359 g/mol. The van der Waals surface area contributed by atoms with E-state index in [0.29, 0.717) is 22.5 Å². The molecule has 0 aliphatic carbocycles. The van der Waals surface area contributed by atoms with Gasteiger partial charge in [0, 0.05) is 40.8 Å². The van der Waals surface area contributed by atoms with Gasteiger partial charge < -0.3 is 15.6 Å². The number of anilines is 2. The zero-order valence-electron chi connectivity index (χ0n) is 14.1. The Morgan fingerprint density at radius 1 is 1.31 bits per heavy atom. The van der Waals surface area contributed by atoms with Crippen LogP contribution in [0.2, 0.25) is 5.02 Å². The second kappa shape index (κ2) is 7.13. The molecule has 2 heterocycles. The standard InChI is InChI=1S/C18H16ClFN4O2/c1-9(22-16-8-13(3-4-21-16)23-10(2)25)14-6-11-5-12(19)7-15(20)17(11)24-18(14)26/h3-9H,1-2H3,(H,24,26)(H2,21,22,23,25). The highest BCUT2D eigenvalue weighted by atomic mass is 35.5. The van der Waals surface area contributed by atoms with Crippen molar-refractivity contribution in [3.05, 3.63) is 63.3 Å². The molecule has 6 nitrogen and oxygen atoms in total. The summed E-state index contributed by atoms with van der Waals surface area (Å²) in [5.74, 6) is -0.290. The summed E-state index contributed by atoms with van der Waals surface area (Å²) in [6, 6.07) is 7.23. The first-order valence-electron chi connectivity index (χ1n) is 7.85. The summed E-state index contributed by atoms with van der Waals surface area (Å²) >= 11 is 5.89. The van der Waals surface area contributed by atoms with Crippen molar-refractivity contribution in [1.82, 2.24) is 9.97 Å². The Hall–Kier alpha value is -2.93. The fraction of sp³-hybridized carbons (Fsp3) is 0.167. The molecular formula is C18H16ClFN4O2. The molecule has 0 saturated heterocycles. The lowest BCUT2D eigenvalue weighted by molar-refractivity contribution is -0.114. The fourth-order valence-electron chi connectivity index (χ4n) is 2.67. The Bertz CT molecular complexity index is 1050. The normalized spacial score (nSPS) is 12.0. The summed E-state index contributed by atoms with van der Waals surface area (Å²) in [4.78, 5) is 30.2. The predicted octanol–water partition coefficient (Wildman–Crippen LogP) is 3.85. The Labute approximate surface area is 153 Å². The molecule has 134 valence electrons. The van der Waals surface area contributed by atoms with Crippen LogP contribution >= 0.6 is 11.6 Å². The van der Waals surface area contributed by atoms with E-state index in [9.17, 15) is 14.0 Å². The number of pyridine rings is 2. The first-order valence-corrected chi connectivity index (χ1v) is 8.23. The molecule has 3 rings (SSSR count). The van der Waals surface area contributed by atoms with Crippen molar-refractivity contribution >= 4 is 39.9 Å². The van der Waals surface area contributed by atoms with Crippen molar-refractivity contribution in [3.8, 4) is 0 Å². The molecule has 1 unspecified atom stereocenters. The highest BCUT2D eigenvalue weighted by Crippen LogP contribution is 2.24. The Morgan fingerprint density at radius 3 is 2.81 bits per heavy atom. The van der Waals surface area contributed by atoms with E-state index in [-0.39, 0.29) is 16.4 Å². The van der Waals surface area contributed by atoms with Crippen molar-refractivity contribution in [3.63, 3.8) is 0 Å². The second-order valence-electron chi connectivity index (χ2n) is 5.88. The third-order valence-electron chi connectivity index (χ3n) is 3.81. The average Bonchev–Trinajstić information content (AvgIpc) is 2.54. The monoisotopic (exact) mass is 374 g/mol. The number of rotatable bonds is 4. The molecule has 1 amide bonds. The van der Waals surface area contributed by atoms with Crippen molar-refractivity contribution in [1.29, 1.82) is 0 Å². The van der Waals surface area contributed by atoms with Crippen LogP contribution in [0.15, 0.2) is 41.3 Å². The minimum absolute atomic E-state index is 0.112. The van der Waals surface area contributed by atoms with Crippen molar-refractivity contribution < 1.29 is 9.18 Å². The summed E-state index contributed by atoms with van der Waals surface area (Å²) in [6.45, 7) is 3.19. The number of nitrogens with zero attached hydrogens (tertiary/aromatic N) is 1. The van der Waals surface area contributed by atoms with E-state index >= 15 is 0 Å². The summed E-state index contributed by atoms with van der Waals surface area (Å²) in [7, 11) is 0. The largest absolute Gasteiger partial charge is 0.363 e. The van der Waals surface area contributed by atoms with Crippen LogP contribution in [0, 0.1) is 5.82 Å². The van der Waals surface area contributed by atoms with Crippen LogP contribution in [-0.4, -0.2) is 15.9 Å². The Balaban J connectivity index is 1.93. The maximum atomic E-state index is 13.9. The van der Waals surface area contributed by atoms with E-state index in [1.54, 1.807) is 37.4 Å². The number of benzene rings is 1. The highest BCUT2D eigenvalue weighted by Gasteiger charge is 2.14. The lowest BCUT2D eigenvalue weighted by Gasteiger charge is -2.15. The molecule has 0 fully saturated rings.